The van der Waals surface area contributed by atoms with Crippen LogP contribution in [-0.4, -0.2) is 29.7 Å². The number of rotatable bonds is 16. The van der Waals surface area contributed by atoms with Crippen LogP contribution >= 0.6 is 0 Å². The Morgan fingerprint density at radius 3 is 1.77 bits per heavy atom. The molecule has 0 saturated carbocycles. The van der Waals surface area contributed by atoms with Crippen LogP contribution in [0.25, 0.3) is 0 Å². The van der Waals surface area contributed by atoms with E-state index in [4.69, 9.17) is 9.47 Å². The van der Waals surface area contributed by atoms with Crippen LogP contribution in [0, 0.1) is 0 Å². The van der Waals surface area contributed by atoms with Gasteiger partial charge in [-0.15, -0.1) is 0 Å². The van der Waals surface area contributed by atoms with Gasteiger partial charge in [0.25, 0.3) is 0 Å². The van der Waals surface area contributed by atoms with Crippen molar-refractivity contribution in [1.82, 2.24) is 0 Å². The molecule has 1 aliphatic rings. The second-order valence-corrected chi connectivity index (χ2v) is 8.28. The molecule has 1 aliphatic heterocycles. The van der Waals surface area contributed by atoms with E-state index in [1.165, 1.54) is 83.5 Å². The fraction of sp³-hybridized carbons (Fsp3) is 0.913. The molecule has 26 heavy (non-hydrogen) atoms. The van der Waals surface area contributed by atoms with Gasteiger partial charge in [-0.2, -0.15) is 0 Å². The van der Waals surface area contributed by atoms with Gasteiger partial charge in [0.2, 0.25) is 0 Å². The molecule has 0 aliphatic carbocycles. The van der Waals surface area contributed by atoms with E-state index in [9.17, 15) is 5.11 Å². The van der Waals surface area contributed by atoms with Gasteiger partial charge in [0.1, 0.15) is 12.2 Å². The van der Waals surface area contributed by atoms with Crippen molar-refractivity contribution in [2.24, 2.45) is 0 Å². The van der Waals surface area contributed by atoms with Crippen LogP contribution in [0.15, 0.2) is 12.2 Å². The predicted octanol–water partition coefficient (Wildman–Crippen LogP) is 6.54. The predicted molar refractivity (Wildman–Crippen MR) is 110 cm³/mol. The topological polar surface area (TPSA) is 38.7 Å². The Hall–Kier alpha value is -0.380. The van der Waals surface area contributed by atoms with Crippen molar-refractivity contribution in [2.75, 3.05) is 6.61 Å². The summed E-state index contributed by atoms with van der Waals surface area (Å²) in [7, 11) is 0. The maximum absolute atomic E-state index is 9.36. The van der Waals surface area contributed by atoms with Crippen molar-refractivity contribution in [2.45, 2.75) is 129 Å². The summed E-state index contributed by atoms with van der Waals surface area (Å²) in [6.45, 7) is 6.09. The molecule has 0 unspecified atom stereocenters. The molecule has 3 heteroatoms. The first kappa shape index (κ1) is 23.7. The molecule has 1 heterocycles. The number of ether oxygens (including phenoxy) is 2. The first-order valence-corrected chi connectivity index (χ1v) is 11.2. The van der Waals surface area contributed by atoms with Gasteiger partial charge in [0.05, 0.1) is 6.61 Å². The first-order chi connectivity index (χ1) is 12.6. The molecule has 1 fully saturated rings. The minimum Gasteiger partial charge on any atom is -0.394 e. The molecule has 0 bridgehead atoms. The number of hydrogen-bond acceptors (Lipinski definition) is 3. The maximum Gasteiger partial charge on any atom is 0.164 e. The van der Waals surface area contributed by atoms with E-state index >= 15 is 0 Å². The highest BCUT2D eigenvalue weighted by Crippen LogP contribution is 2.28. The van der Waals surface area contributed by atoms with Crippen molar-refractivity contribution in [3.63, 3.8) is 0 Å². The highest BCUT2D eigenvalue weighted by Gasteiger charge is 2.39. The quantitative estimate of drug-likeness (QED) is 0.248. The van der Waals surface area contributed by atoms with Gasteiger partial charge in [-0.25, -0.2) is 0 Å². The molecule has 2 atom stereocenters. The normalized spacial score (nSPS) is 22.5. The molecule has 154 valence electrons. The Morgan fingerprint density at radius 1 is 0.769 bits per heavy atom. The highest BCUT2D eigenvalue weighted by atomic mass is 16.8. The van der Waals surface area contributed by atoms with Crippen molar-refractivity contribution in [3.05, 3.63) is 12.2 Å². The van der Waals surface area contributed by atoms with Gasteiger partial charge in [-0.1, -0.05) is 96.1 Å². The van der Waals surface area contributed by atoms with Crippen molar-refractivity contribution in [3.8, 4) is 0 Å². The lowest BCUT2D eigenvalue weighted by atomic mass is 10.0. The zero-order chi connectivity index (χ0) is 19.1. The maximum atomic E-state index is 9.36. The monoisotopic (exact) mass is 368 g/mol. The SMILES string of the molecule is CCCCCCCCCCCCCCC/C=C\[C@@H]1OC(C)(C)O[C@H]1CO. The minimum atomic E-state index is -0.585. The third kappa shape index (κ3) is 11.4. The molecule has 0 aromatic carbocycles. The Morgan fingerprint density at radius 2 is 1.27 bits per heavy atom. The van der Waals surface area contributed by atoms with E-state index < -0.39 is 5.79 Å². The van der Waals surface area contributed by atoms with Crippen molar-refractivity contribution < 1.29 is 14.6 Å². The Bertz CT molecular complexity index is 351. The molecular formula is C23H44O3. The molecule has 1 saturated heterocycles. The number of aliphatic hydroxyl groups excluding tert-OH is 1. The highest BCUT2D eigenvalue weighted by molar-refractivity contribution is 4.97. The summed E-state index contributed by atoms with van der Waals surface area (Å²) in [5, 5.41) is 9.36. The summed E-state index contributed by atoms with van der Waals surface area (Å²) in [5.41, 5.74) is 0. The van der Waals surface area contributed by atoms with E-state index in [2.05, 4.69) is 19.1 Å². The van der Waals surface area contributed by atoms with Crippen LogP contribution in [0.3, 0.4) is 0 Å². The molecule has 3 nitrogen and oxygen atoms in total. The number of allylic oxidation sites excluding steroid dienone is 1. The molecule has 0 amide bonds. The average Bonchev–Trinajstić information content (AvgIpc) is 2.92. The summed E-state index contributed by atoms with van der Waals surface area (Å²) in [6, 6.07) is 0. The zero-order valence-electron chi connectivity index (χ0n) is 17.7. The van der Waals surface area contributed by atoms with Crippen LogP contribution in [0.1, 0.15) is 111 Å². The Labute approximate surface area is 162 Å². The van der Waals surface area contributed by atoms with Crippen LogP contribution in [-0.2, 0) is 9.47 Å². The van der Waals surface area contributed by atoms with Crippen LogP contribution in [0.5, 0.6) is 0 Å². The van der Waals surface area contributed by atoms with Gasteiger partial charge in [-0.05, 0) is 26.7 Å². The van der Waals surface area contributed by atoms with Gasteiger partial charge < -0.3 is 14.6 Å². The van der Waals surface area contributed by atoms with Gasteiger partial charge in [-0.3, -0.25) is 0 Å². The molecule has 0 aromatic heterocycles. The largest absolute Gasteiger partial charge is 0.394 e. The fourth-order valence-electron chi connectivity index (χ4n) is 3.68. The van der Waals surface area contributed by atoms with Crippen LogP contribution in [0.4, 0.5) is 0 Å². The van der Waals surface area contributed by atoms with E-state index in [-0.39, 0.29) is 18.8 Å². The molecular weight excluding hydrogens is 324 g/mol. The lowest BCUT2D eigenvalue weighted by Crippen LogP contribution is -2.24. The van der Waals surface area contributed by atoms with E-state index in [0.717, 1.165) is 6.42 Å². The third-order valence-electron chi connectivity index (χ3n) is 5.20. The van der Waals surface area contributed by atoms with Crippen LogP contribution < -0.4 is 0 Å². The standard InChI is InChI=1S/C23H44O3/c1-4-5-6-7-8-9-10-11-12-13-14-15-16-17-18-19-21-22(20-24)26-23(2,3)25-21/h18-19,21-22,24H,4-17,20H2,1-3H3/b19-18-/t21-,22-/m0/s1. The van der Waals surface area contributed by atoms with Gasteiger partial charge >= 0.3 is 0 Å². The summed E-state index contributed by atoms with van der Waals surface area (Å²) in [6.07, 6.45) is 23.1. The minimum absolute atomic E-state index is 0.0111. The Kier molecular flexibility index (Phi) is 13.3. The molecule has 1 N–H and O–H groups in total. The van der Waals surface area contributed by atoms with E-state index in [1.54, 1.807) is 0 Å². The number of hydrogen-bond donors (Lipinski definition) is 1. The first-order valence-electron chi connectivity index (χ1n) is 11.2. The third-order valence-corrected chi connectivity index (χ3v) is 5.20. The van der Waals surface area contributed by atoms with E-state index in [0.29, 0.717) is 0 Å². The second-order valence-electron chi connectivity index (χ2n) is 8.28. The Balaban J connectivity index is 1.87. The summed E-state index contributed by atoms with van der Waals surface area (Å²) in [4.78, 5) is 0. The molecule has 1 rings (SSSR count). The van der Waals surface area contributed by atoms with Crippen molar-refractivity contribution >= 4 is 0 Å². The van der Waals surface area contributed by atoms with Crippen LogP contribution in [0.2, 0.25) is 0 Å². The fourth-order valence-corrected chi connectivity index (χ4v) is 3.68. The number of aliphatic hydroxyl groups is 1. The lowest BCUT2D eigenvalue weighted by Gasteiger charge is -2.15. The summed E-state index contributed by atoms with van der Waals surface area (Å²) < 4.78 is 11.5. The zero-order valence-corrected chi connectivity index (χ0v) is 17.7. The second kappa shape index (κ2) is 14.6. The number of unbranched alkanes of at least 4 members (excludes halogenated alkanes) is 13. The lowest BCUT2D eigenvalue weighted by molar-refractivity contribution is -0.146. The smallest absolute Gasteiger partial charge is 0.164 e. The molecule has 0 radical (unpaired) electrons. The average molecular weight is 369 g/mol. The summed E-state index contributed by atoms with van der Waals surface area (Å²) in [5.74, 6) is -0.585. The van der Waals surface area contributed by atoms with Crippen molar-refractivity contribution in [1.29, 1.82) is 0 Å². The summed E-state index contributed by atoms with van der Waals surface area (Å²) >= 11 is 0. The molecule has 0 aromatic rings. The van der Waals surface area contributed by atoms with E-state index in [1.807, 2.05) is 13.8 Å². The van der Waals surface area contributed by atoms with Gasteiger partial charge in [0.15, 0.2) is 5.79 Å². The van der Waals surface area contributed by atoms with Gasteiger partial charge in [0, 0.05) is 0 Å². The molecule has 0 spiro atoms.